The Kier molecular flexibility index (Phi) is 10.7. The molecule has 0 saturated carbocycles. The van der Waals surface area contributed by atoms with Crippen LogP contribution in [0.5, 0.6) is 0 Å². The van der Waals surface area contributed by atoms with Gasteiger partial charge in [0.05, 0.1) is 5.69 Å². The van der Waals surface area contributed by atoms with Gasteiger partial charge in [-0.25, -0.2) is 5.48 Å². The Bertz CT molecular complexity index is 1930. The molecule has 2 atom stereocenters. The Balaban J connectivity index is 1.36. The van der Waals surface area contributed by atoms with Gasteiger partial charge in [0, 0.05) is 35.0 Å². The molecule has 9 heteroatoms. The van der Waals surface area contributed by atoms with Gasteiger partial charge >= 0.3 is 0 Å². The molecule has 0 aliphatic heterocycles. The van der Waals surface area contributed by atoms with Gasteiger partial charge in [0.2, 0.25) is 11.8 Å². The van der Waals surface area contributed by atoms with Gasteiger partial charge in [-0.1, -0.05) is 99.6 Å². The number of rotatable bonds is 13. The van der Waals surface area contributed by atoms with Crippen LogP contribution in [0.2, 0.25) is 0 Å². The summed E-state index contributed by atoms with van der Waals surface area (Å²) in [6.45, 7) is 7.75. The van der Waals surface area contributed by atoms with E-state index in [0.717, 1.165) is 32.8 Å². The third-order valence-corrected chi connectivity index (χ3v) is 8.40. The largest absolute Gasteiger partial charge is 0.326 e. The van der Waals surface area contributed by atoms with Crippen molar-refractivity contribution in [2.24, 2.45) is 11.3 Å². The Morgan fingerprint density at radius 1 is 0.771 bits per heavy atom. The van der Waals surface area contributed by atoms with Crippen LogP contribution >= 0.6 is 0 Å². The second kappa shape index (κ2) is 15.1. The number of hydroxylamine groups is 1. The van der Waals surface area contributed by atoms with E-state index in [-0.39, 0.29) is 36.0 Å². The Hall–Kier alpha value is -5.25. The number of benzene rings is 5. The predicted octanol–water partition coefficient (Wildman–Crippen LogP) is 8.30. The molecule has 0 saturated heterocycles. The number of carbonyl (C=O) groups is 3. The molecule has 2 unspecified atom stereocenters. The first-order valence-corrected chi connectivity index (χ1v) is 16.0. The molecule has 0 radical (unpaired) electrons. The Labute approximate surface area is 280 Å². The maximum absolute atomic E-state index is 14.0. The molecule has 0 heterocycles. The lowest BCUT2D eigenvalue weighted by Gasteiger charge is -2.27. The molecule has 48 heavy (non-hydrogen) atoms. The fourth-order valence-corrected chi connectivity index (χ4v) is 6.36. The maximum Gasteiger partial charge on any atom is 0.260 e. The molecule has 0 bridgehead atoms. The number of nitrogens with one attached hydrogen (secondary N) is 4. The summed E-state index contributed by atoms with van der Waals surface area (Å²) in [5.74, 6) is -0.977. The molecular weight excluding hydrogens is 604 g/mol. The average molecular weight is 647 g/mol. The molecule has 9 nitrogen and oxygen atoms in total. The summed E-state index contributed by atoms with van der Waals surface area (Å²) in [6.07, 6.45) is 0.00612. The quantitative estimate of drug-likeness (QED) is 0.0647. The van der Waals surface area contributed by atoms with Crippen LogP contribution in [0, 0.1) is 18.3 Å². The number of hydrogen-bond acceptors (Lipinski definition) is 6. The highest BCUT2D eigenvalue weighted by atomic mass is 16.7. The molecule has 5 N–H and O–H groups in total. The van der Waals surface area contributed by atoms with Gasteiger partial charge in [0.15, 0.2) is 6.10 Å². The van der Waals surface area contributed by atoms with Gasteiger partial charge in [-0.2, -0.15) is 0 Å². The van der Waals surface area contributed by atoms with Crippen molar-refractivity contribution in [3.8, 4) is 0 Å². The van der Waals surface area contributed by atoms with E-state index in [4.69, 9.17) is 10.0 Å². The fraction of sp³-hybridized carbons (Fsp3) is 0.256. The van der Waals surface area contributed by atoms with Crippen LogP contribution in [0.4, 0.5) is 17.1 Å². The minimum atomic E-state index is -1.04. The van der Waals surface area contributed by atoms with E-state index in [9.17, 15) is 14.4 Å². The van der Waals surface area contributed by atoms with E-state index in [1.54, 1.807) is 17.6 Å². The highest BCUT2D eigenvalue weighted by Gasteiger charge is 2.27. The molecule has 0 aliphatic carbocycles. The Morgan fingerprint density at radius 3 is 2.02 bits per heavy atom. The lowest BCUT2D eigenvalue weighted by Crippen LogP contribution is -2.27. The van der Waals surface area contributed by atoms with Crippen LogP contribution < -0.4 is 21.6 Å². The minimum Gasteiger partial charge on any atom is -0.326 e. The van der Waals surface area contributed by atoms with Crippen LogP contribution in [0.25, 0.3) is 21.5 Å². The highest BCUT2D eigenvalue weighted by Crippen LogP contribution is 2.33. The number of aryl methyl sites for hydroxylation is 1. The van der Waals surface area contributed by atoms with E-state index < -0.39 is 12.0 Å². The molecule has 248 valence electrons. The highest BCUT2D eigenvalue weighted by molar-refractivity contribution is 6.04. The van der Waals surface area contributed by atoms with Gasteiger partial charge in [0.25, 0.3) is 5.91 Å². The zero-order valence-corrected chi connectivity index (χ0v) is 27.7. The zero-order chi connectivity index (χ0) is 34.3. The van der Waals surface area contributed by atoms with Crippen molar-refractivity contribution < 1.29 is 24.4 Å². The third-order valence-electron chi connectivity index (χ3n) is 8.40. The third kappa shape index (κ3) is 8.56. The van der Waals surface area contributed by atoms with Crippen LogP contribution in [0.15, 0.2) is 103 Å². The van der Waals surface area contributed by atoms with Gasteiger partial charge < -0.3 is 10.6 Å². The zero-order valence-electron chi connectivity index (χ0n) is 27.7. The number of hydrogen-bond donors (Lipinski definition) is 5. The van der Waals surface area contributed by atoms with Crippen LogP contribution in [0.1, 0.15) is 57.3 Å². The van der Waals surface area contributed by atoms with E-state index in [0.29, 0.717) is 23.4 Å². The van der Waals surface area contributed by atoms with Crippen LogP contribution in [-0.2, 0) is 19.2 Å². The summed E-state index contributed by atoms with van der Waals surface area (Å²) < 4.78 is 0. The van der Waals surface area contributed by atoms with E-state index in [2.05, 4.69) is 16.1 Å². The van der Waals surface area contributed by atoms with Crippen molar-refractivity contribution >= 4 is 56.3 Å². The summed E-state index contributed by atoms with van der Waals surface area (Å²) in [4.78, 5) is 44.8. The van der Waals surface area contributed by atoms with Gasteiger partial charge in [-0.05, 0) is 70.8 Å². The smallest absolute Gasteiger partial charge is 0.260 e. The van der Waals surface area contributed by atoms with Crippen molar-refractivity contribution in [2.45, 2.75) is 53.1 Å². The Morgan fingerprint density at radius 2 is 1.38 bits per heavy atom. The second-order valence-corrected chi connectivity index (χ2v) is 13.2. The SMILES string of the molecule is Cc1cc(NC(=O)CC(C)(C)CC(C)CC(=O)NO)ccc1C(ONc1cccc2ccccc12)C(=O)Nc1cccc2ccccc12. The summed E-state index contributed by atoms with van der Waals surface area (Å²) in [5, 5.41) is 18.8. The van der Waals surface area contributed by atoms with E-state index >= 15 is 0 Å². The maximum atomic E-state index is 14.0. The van der Waals surface area contributed by atoms with Crippen molar-refractivity contribution in [1.82, 2.24) is 5.48 Å². The van der Waals surface area contributed by atoms with E-state index in [1.165, 1.54) is 0 Å². The van der Waals surface area contributed by atoms with Crippen molar-refractivity contribution in [1.29, 1.82) is 0 Å². The summed E-state index contributed by atoms with van der Waals surface area (Å²) in [6, 6.07) is 32.8. The van der Waals surface area contributed by atoms with Crippen molar-refractivity contribution in [2.75, 3.05) is 16.1 Å². The molecule has 3 amide bonds. The molecule has 0 spiro atoms. The first-order valence-electron chi connectivity index (χ1n) is 16.0. The predicted molar refractivity (Wildman–Crippen MR) is 191 cm³/mol. The average Bonchev–Trinajstić information content (AvgIpc) is 3.05. The summed E-state index contributed by atoms with van der Waals surface area (Å²) in [5.41, 5.74) is 7.73. The number of carbonyl (C=O) groups excluding carboxylic acids is 3. The fourth-order valence-electron chi connectivity index (χ4n) is 6.36. The second-order valence-electron chi connectivity index (χ2n) is 13.2. The topological polar surface area (TPSA) is 129 Å². The molecular formula is C39H42N4O5. The van der Waals surface area contributed by atoms with Crippen LogP contribution in [0.3, 0.4) is 0 Å². The summed E-state index contributed by atoms with van der Waals surface area (Å²) in [7, 11) is 0. The number of fused-ring (bicyclic) bond motifs is 2. The van der Waals surface area contributed by atoms with Gasteiger partial charge in [-0.3, -0.25) is 29.9 Å². The molecule has 0 aliphatic rings. The molecule has 0 fully saturated rings. The lowest BCUT2D eigenvalue weighted by atomic mass is 9.79. The van der Waals surface area contributed by atoms with Gasteiger partial charge in [-0.15, -0.1) is 0 Å². The minimum absolute atomic E-state index is 0.0130. The van der Waals surface area contributed by atoms with Crippen LogP contribution in [-0.4, -0.2) is 22.9 Å². The van der Waals surface area contributed by atoms with Crippen molar-refractivity contribution in [3.05, 3.63) is 114 Å². The first kappa shape index (κ1) is 34.1. The monoisotopic (exact) mass is 646 g/mol. The molecule has 5 aromatic carbocycles. The van der Waals surface area contributed by atoms with Crippen molar-refractivity contribution in [3.63, 3.8) is 0 Å². The molecule has 5 aromatic rings. The van der Waals surface area contributed by atoms with E-state index in [1.807, 2.05) is 119 Å². The number of anilines is 3. The molecule has 0 aromatic heterocycles. The normalized spacial score (nSPS) is 12.7. The first-order chi connectivity index (χ1) is 23.0. The standard InChI is InChI=1S/C39H42N4O5/c1-25(21-35(44)42-47)23-39(3,4)24-36(45)40-29-19-20-30(26(2)22-29)37(48-43-34-18-10-14-28-12-6-8-16-32(28)34)38(46)41-33-17-9-13-27-11-5-7-15-31(27)33/h5-20,22,25,37,43,47H,21,23-24H2,1-4H3,(H,40,45)(H,41,46)(H,42,44). The lowest BCUT2D eigenvalue weighted by molar-refractivity contribution is -0.130. The molecule has 5 rings (SSSR count). The van der Waals surface area contributed by atoms with Gasteiger partial charge in [0.1, 0.15) is 0 Å². The number of amides is 3. The summed E-state index contributed by atoms with van der Waals surface area (Å²) >= 11 is 0.